The normalized spacial score (nSPS) is 15.9. The fourth-order valence-corrected chi connectivity index (χ4v) is 3.69. The molecule has 0 aliphatic heterocycles. The molecule has 1 aromatic carbocycles. The Morgan fingerprint density at radius 2 is 1.79 bits per heavy atom. The van der Waals surface area contributed by atoms with Crippen molar-refractivity contribution < 1.29 is 23.2 Å². The van der Waals surface area contributed by atoms with Crippen molar-refractivity contribution in [3.8, 4) is 5.75 Å². The van der Waals surface area contributed by atoms with Crippen molar-refractivity contribution in [2.24, 2.45) is 5.41 Å². The van der Waals surface area contributed by atoms with E-state index in [0.717, 1.165) is 0 Å². The topological polar surface area (TPSA) is 70.6 Å². The van der Waals surface area contributed by atoms with Crippen LogP contribution in [0.4, 0.5) is 4.39 Å². The maximum Gasteiger partial charge on any atom is 0.335 e. The fraction of sp³-hybridized carbons (Fsp3) is 0.667. The number of ether oxygens (including phenoxy) is 2. The molecular formula is C21H34FNO4S. The molecule has 0 radical (unpaired) electrons. The number of methoxy groups -OCH3 is 1. The zero-order valence-electron chi connectivity index (χ0n) is 18.4. The molecule has 0 saturated heterocycles. The molecule has 0 aromatic heterocycles. The van der Waals surface area contributed by atoms with Crippen molar-refractivity contribution >= 4 is 17.3 Å². The van der Waals surface area contributed by atoms with Crippen LogP contribution in [0, 0.1) is 11.2 Å². The van der Waals surface area contributed by atoms with Crippen LogP contribution in [0.25, 0.3) is 0 Å². The summed E-state index contributed by atoms with van der Waals surface area (Å²) in [5, 5.41) is 0. The standard InChI is InChI=1S/C21H34FNO4S/c1-14(2)27-18(24)21(13-19(3,4)5,23-28(25)20(6,7)8)16-11-10-15(26-9)12-17(16)22/h10-12,14,23H,13H2,1-9H3. The van der Waals surface area contributed by atoms with Crippen LogP contribution in [-0.4, -0.2) is 28.5 Å². The number of esters is 1. The van der Waals surface area contributed by atoms with Gasteiger partial charge in [-0.3, -0.25) is 0 Å². The van der Waals surface area contributed by atoms with Gasteiger partial charge in [0.05, 0.1) is 13.2 Å². The number of carbonyl (C=O) groups excluding carboxylic acids is 1. The van der Waals surface area contributed by atoms with Crippen molar-refractivity contribution in [1.29, 1.82) is 0 Å². The summed E-state index contributed by atoms with van der Waals surface area (Å²) in [5.74, 6) is -0.943. The molecule has 2 unspecified atom stereocenters. The number of hydrogen-bond donors (Lipinski definition) is 1. The predicted octanol–water partition coefficient (Wildman–Crippen LogP) is 4.47. The Morgan fingerprint density at radius 1 is 1.21 bits per heavy atom. The summed E-state index contributed by atoms with van der Waals surface area (Å²) in [5.41, 5.74) is -1.92. The lowest BCUT2D eigenvalue weighted by Gasteiger charge is -2.39. The van der Waals surface area contributed by atoms with E-state index in [4.69, 9.17) is 9.47 Å². The van der Waals surface area contributed by atoms with Gasteiger partial charge in [-0.15, -0.1) is 4.72 Å². The van der Waals surface area contributed by atoms with Crippen molar-refractivity contribution in [2.45, 2.75) is 78.2 Å². The van der Waals surface area contributed by atoms with E-state index in [0.29, 0.717) is 5.75 Å². The Hall–Kier alpha value is -1.31. The Bertz CT molecular complexity index is 682. The molecule has 0 heterocycles. The lowest BCUT2D eigenvalue weighted by atomic mass is 9.76. The first kappa shape index (κ1) is 24.7. The van der Waals surface area contributed by atoms with Gasteiger partial charge in [-0.05, 0) is 58.6 Å². The molecule has 0 fully saturated rings. The van der Waals surface area contributed by atoms with E-state index in [2.05, 4.69) is 4.72 Å². The summed E-state index contributed by atoms with van der Waals surface area (Å²) < 4.78 is 41.0. The van der Waals surface area contributed by atoms with Gasteiger partial charge in [-0.25, -0.2) is 9.18 Å². The number of benzene rings is 1. The highest BCUT2D eigenvalue weighted by molar-refractivity contribution is 7.90. The number of rotatable bonds is 7. The number of halogens is 1. The van der Waals surface area contributed by atoms with Gasteiger partial charge >= 0.3 is 5.97 Å². The fourth-order valence-electron chi connectivity index (χ4n) is 2.80. The van der Waals surface area contributed by atoms with Crippen molar-refractivity contribution in [2.75, 3.05) is 7.11 Å². The Labute approximate surface area is 171 Å². The van der Waals surface area contributed by atoms with Gasteiger partial charge < -0.3 is 14.0 Å². The van der Waals surface area contributed by atoms with Crippen molar-refractivity contribution in [3.05, 3.63) is 29.6 Å². The van der Waals surface area contributed by atoms with E-state index in [-0.39, 0.29) is 12.0 Å². The summed E-state index contributed by atoms with van der Waals surface area (Å²) in [7, 11) is 1.44. The minimum Gasteiger partial charge on any atom is -0.598 e. The predicted molar refractivity (Wildman–Crippen MR) is 111 cm³/mol. The lowest BCUT2D eigenvalue weighted by Crippen LogP contribution is -2.58. The number of nitrogens with one attached hydrogen (secondary N) is 1. The number of carbonyl (C=O) groups is 1. The van der Waals surface area contributed by atoms with Gasteiger partial charge in [-0.2, -0.15) is 0 Å². The molecular weight excluding hydrogens is 381 g/mol. The smallest absolute Gasteiger partial charge is 0.335 e. The zero-order chi connectivity index (χ0) is 21.9. The van der Waals surface area contributed by atoms with E-state index in [9.17, 15) is 9.35 Å². The van der Waals surface area contributed by atoms with Crippen molar-refractivity contribution in [3.63, 3.8) is 0 Å². The number of hydrogen-bond acceptors (Lipinski definition) is 5. The Morgan fingerprint density at radius 3 is 2.18 bits per heavy atom. The van der Waals surface area contributed by atoms with Gasteiger partial charge in [0.2, 0.25) is 0 Å². The van der Waals surface area contributed by atoms with Gasteiger partial charge in [0.15, 0.2) is 5.54 Å². The second kappa shape index (κ2) is 9.01. The molecule has 0 aliphatic carbocycles. The first-order valence-electron chi connectivity index (χ1n) is 9.37. The molecule has 0 saturated carbocycles. The molecule has 0 spiro atoms. The van der Waals surface area contributed by atoms with Crippen molar-refractivity contribution in [1.82, 2.24) is 4.72 Å². The highest BCUT2D eigenvalue weighted by Crippen LogP contribution is 2.40. The average molecular weight is 416 g/mol. The largest absolute Gasteiger partial charge is 0.598 e. The molecule has 2 atom stereocenters. The molecule has 1 aromatic rings. The molecule has 7 heteroatoms. The van der Waals surface area contributed by atoms with Crippen LogP contribution >= 0.6 is 0 Å². The van der Waals surface area contributed by atoms with Gasteiger partial charge in [0.1, 0.15) is 16.3 Å². The van der Waals surface area contributed by atoms with Crippen LogP contribution in [0.15, 0.2) is 18.2 Å². The Balaban J connectivity index is 3.69. The highest BCUT2D eigenvalue weighted by Gasteiger charge is 2.51. The summed E-state index contributed by atoms with van der Waals surface area (Å²) in [6.45, 7) is 14.6. The molecule has 160 valence electrons. The molecule has 0 bridgehead atoms. The van der Waals surface area contributed by atoms with E-state index in [1.54, 1.807) is 40.7 Å². The average Bonchev–Trinajstić information content (AvgIpc) is 2.50. The van der Waals surface area contributed by atoms with E-state index in [1.807, 2.05) is 20.8 Å². The third kappa shape index (κ3) is 6.36. The molecule has 28 heavy (non-hydrogen) atoms. The monoisotopic (exact) mass is 415 g/mol. The maximum absolute atomic E-state index is 15.1. The quantitative estimate of drug-likeness (QED) is 0.526. The third-order valence-corrected chi connectivity index (χ3v) is 5.59. The van der Waals surface area contributed by atoms with E-state index < -0.39 is 45.0 Å². The second-order valence-electron chi connectivity index (χ2n) is 9.43. The Kier molecular flexibility index (Phi) is 7.96. The minimum atomic E-state index is -1.64. The second-order valence-corrected chi connectivity index (χ2v) is 11.4. The molecule has 1 rings (SSSR count). The van der Waals surface area contributed by atoms with Gasteiger partial charge in [0, 0.05) is 23.0 Å². The van der Waals surface area contributed by atoms with Crippen LogP contribution in [0.2, 0.25) is 0 Å². The molecule has 5 nitrogen and oxygen atoms in total. The molecule has 1 N–H and O–H groups in total. The summed E-state index contributed by atoms with van der Waals surface area (Å²) in [6.07, 6.45) is -0.214. The highest BCUT2D eigenvalue weighted by atomic mass is 32.2. The molecule has 0 aliphatic rings. The van der Waals surface area contributed by atoms with Gasteiger partial charge in [-0.1, -0.05) is 20.8 Å². The maximum atomic E-state index is 15.1. The SMILES string of the molecule is COc1ccc(C(CC(C)(C)C)(N[S+]([O-])C(C)(C)C)C(=O)OC(C)C)c(F)c1. The van der Waals surface area contributed by atoms with Crippen LogP contribution < -0.4 is 9.46 Å². The third-order valence-electron chi connectivity index (χ3n) is 3.95. The van der Waals surface area contributed by atoms with E-state index >= 15 is 4.39 Å². The first-order chi connectivity index (χ1) is 12.6. The summed E-state index contributed by atoms with van der Waals surface area (Å²) in [4.78, 5) is 13.3. The van der Waals surface area contributed by atoms with Crippen LogP contribution in [-0.2, 0) is 26.4 Å². The van der Waals surface area contributed by atoms with Crippen LogP contribution in [0.3, 0.4) is 0 Å². The lowest BCUT2D eigenvalue weighted by molar-refractivity contribution is -0.157. The molecule has 0 amide bonds. The summed E-state index contributed by atoms with van der Waals surface area (Å²) >= 11 is -1.64. The minimum absolute atomic E-state index is 0.0893. The summed E-state index contributed by atoms with van der Waals surface area (Å²) in [6, 6.07) is 4.30. The first-order valence-corrected chi connectivity index (χ1v) is 10.5. The van der Waals surface area contributed by atoms with Gasteiger partial charge in [0.25, 0.3) is 0 Å². The van der Waals surface area contributed by atoms with E-state index in [1.165, 1.54) is 19.2 Å². The van der Waals surface area contributed by atoms with Crippen LogP contribution in [0.1, 0.15) is 67.4 Å². The van der Waals surface area contributed by atoms with Crippen LogP contribution in [0.5, 0.6) is 5.75 Å². The zero-order valence-corrected chi connectivity index (χ0v) is 19.3.